The largest absolute Gasteiger partial charge is 0.544 e. The van der Waals surface area contributed by atoms with Gasteiger partial charge in [-0.25, -0.2) is 0 Å². The molecule has 0 aromatic carbocycles. The molecule has 2 atom stereocenters. The van der Waals surface area contributed by atoms with Crippen molar-refractivity contribution in [2.75, 3.05) is 41.0 Å². The number of quaternary nitrogens is 1. The van der Waals surface area contributed by atoms with E-state index in [2.05, 4.69) is 50.3 Å². The summed E-state index contributed by atoms with van der Waals surface area (Å²) >= 11 is 0. The summed E-state index contributed by atoms with van der Waals surface area (Å²) in [7, 11) is 5.38. The van der Waals surface area contributed by atoms with Gasteiger partial charge in [0.2, 0.25) is 0 Å². The molecule has 0 spiro atoms. The van der Waals surface area contributed by atoms with Gasteiger partial charge in [-0.3, -0.25) is 9.59 Å². The Hall–Kier alpha value is -3.23. The number of ether oxygens (including phenoxy) is 3. The first-order valence-electron chi connectivity index (χ1n) is 22.5. The van der Waals surface area contributed by atoms with Crippen LogP contribution in [0.25, 0.3) is 0 Å². The first kappa shape index (κ1) is 53.8. The van der Waals surface area contributed by atoms with Crippen LogP contribution >= 0.6 is 0 Å². The van der Waals surface area contributed by atoms with Crippen molar-refractivity contribution in [2.24, 2.45) is 0 Å². The van der Waals surface area contributed by atoms with E-state index < -0.39 is 18.1 Å². The van der Waals surface area contributed by atoms with Crippen molar-refractivity contribution in [3.05, 3.63) is 72.9 Å². The number of aliphatic carboxylic acids is 1. The lowest BCUT2D eigenvalue weighted by molar-refractivity contribution is -0.889. The Labute approximate surface area is 349 Å². The van der Waals surface area contributed by atoms with Gasteiger partial charge in [-0.2, -0.15) is 0 Å². The molecule has 0 aliphatic carbocycles. The zero-order chi connectivity index (χ0) is 42.1. The molecule has 0 aromatic rings. The van der Waals surface area contributed by atoms with E-state index in [1.54, 1.807) is 21.1 Å². The molecule has 0 bridgehead atoms. The average Bonchev–Trinajstić information content (AvgIpc) is 3.17. The van der Waals surface area contributed by atoms with Gasteiger partial charge in [0.05, 0.1) is 40.3 Å². The average molecular weight is 798 g/mol. The van der Waals surface area contributed by atoms with Crippen LogP contribution in [0.4, 0.5) is 0 Å². The summed E-state index contributed by atoms with van der Waals surface area (Å²) in [6, 6.07) is -0.736. The monoisotopic (exact) mass is 798 g/mol. The van der Waals surface area contributed by atoms with Gasteiger partial charge in [0.15, 0.2) is 6.10 Å². The minimum atomic E-state index is -1.14. The molecule has 0 saturated heterocycles. The van der Waals surface area contributed by atoms with Crippen molar-refractivity contribution in [3.63, 3.8) is 0 Å². The van der Waals surface area contributed by atoms with Gasteiger partial charge in [0, 0.05) is 19.3 Å². The number of carboxylic acids is 1. The Morgan fingerprint density at radius 3 is 1.49 bits per heavy atom. The minimum Gasteiger partial charge on any atom is -0.544 e. The molecule has 57 heavy (non-hydrogen) atoms. The highest BCUT2D eigenvalue weighted by Gasteiger charge is 2.25. The zero-order valence-corrected chi connectivity index (χ0v) is 37.0. The number of carbonyl (C=O) groups excluding carboxylic acids is 3. The molecule has 2 unspecified atom stereocenters. The maximum atomic E-state index is 12.7. The van der Waals surface area contributed by atoms with E-state index in [9.17, 15) is 19.5 Å². The lowest BCUT2D eigenvalue weighted by Crippen LogP contribution is -2.55. The number of nitrogens with zero attached hydrogens (tertiary/aromatic N) is 1. The Bertz CT molecular complexity index is 1160. The predicted molar refractivity (Wildman–Crippen MR) is 235 cm³/mol. The van der Waals surface area contributed by atoms with E-state index in [1.807, 2.05) is 36.5 Å². The highest BCUT2D eigenvalue weighted by Crippen LogP contribution is 2.14. The van der Waals surface area contributed by atoms with Crippen LogP contribution < -0.4 is 5.11 Å². The molecule has 8 heteroatoms. The Kier molecular flexibility index (Phi) is 37.3. The molecule has 0 amide bonds. The number of carbonyl (C=O) groups is 3. The molecule has 0 radical (unpaired) electrons. The summed E-state index contributed by atoms with van der Waals surface area (Å²) in [5, 5.41) is 11.6. The van der Waals surface area contributed by atoms with Crippen LogP contribution in [-0.4, -0.2) is 75.5 Å². The lowest BCUT2D eigenvalue weighted by atomic mass is 10.1. The van der Waals surface area contributed by atoms with Gasteiger partial charge in [-0.15, -0.1) is 0 Å². The molecule has 0 aliphatic heterocycles. The van der Waals surface area contributed by atoms with Crippen molar-refractivity contribution in [3.8, 4) is 0 Å². The molecule has 0 heterocycles. The summed E-state index contributed by atoms with van der Waals surface area (Å²) in [5.41, 5.74) is 0. The van der Waals surface area contributed by atoms with Crippen LogP contribution in [0.15, 0.2) is 72.9 Å². The first-order valence-corrected chi connectivity index (χ1v) is 22.5. The molecular formula is C49H83NO7. The van der Waals surface area contributed by atoms with E-state index >= 15 is 0 Å². The lowest BCUT2D eigenvalue weighted by Gasteiger charge is -2.34. The van der Waals surface area contributed by atoms with E-state index in [0.29, 0.717) is 12.8 Å². The predicted octanol–water partition coefficient (Wildman–Crippen LogP) is 11.0. The third kappa shape index (κ3) is 38.1. The number of allylic oxidation sites excluding steroid dienone is 12. The molecule has 326 valence electrons. The zero-order valence-electron chi connectivity index (χ0n) is 37.0. The Morgan fingerprint density at radius 2 is 0.982 bits per heavy atom. The topological polar surface area (TPSA) is 102 Å². The van der Waals surface area contributed by atoms with Gasteiger partial charge in [-0.1, -0.05) is 164 Å². The quantitative estimate of drug-likeness (QED) is 0.0264. The highest BCUT2D eigenvalue weighted by molar-refractivity contribution is 5.70. The van der Waals surface area contributed by atoms with Crippen LogP contribution in [0.1, 0.15) is 168 Å². The second-order valence-corrected chi connectivity index (χ2v) is 16.0. The second-order valence-electron chi connectivity index (χ2n) is 16.0. The van der Waals surface area contributed by atoms with Gasteiger partial charge in [0.1, 0.15) is 12.6 Å². The number of unbranched alkanes of at least 4 members (excludes halogenated alkanes) is 17. The molecule has 0 rings (SSSR count). The van der Waals surface area contributed by atoms with Crippen molar-refractivity contribution in [1.82, 2.24) is 0 Å². The fourth-order valence-corrected chi connectivity index (χ4v) is 6.19. The summed E-state index contributed by atoms with van der Waals surface area (Å²) in [6.07, 6.45) is 49.3. The van der Waals surface area contributed by atoms with Gasteiger partial charge < -0.3 is 28.6 Å². The molecular weight excluding hydrogens is 715 g/mol. The minimum absolute atomic E-state index is 0.0201. The van der Waals surface area contributed by atoms with Gasteiger partial charge in [0.25, 0.3) is 0 Å². The molecule has 0 saturated carbocycles. The van der Waals surface area contributed by atoms with E-state index in [0.717, 1.165) is 44.9 Å². The number of hydrogen-bond acceptors (Lipinski definition) is 7. The first-order chi connectivity index (χ1) is 27.6. The number of carboxylic acid groups (broad SMARTS) is 1. The number of likely N-dealkylation sites (N-methyl/N-ethyl adjacent to an activating group) is 1. The number of hydrogen-bond donors (Lipinski definition) is 0. The van der Waals surface area contributed by atoms with E-state index in [-0.39, 0.29) is 49.1 Å². The highest BCUT2D eigenvalue weighted by atomic mass is 16.6. The Morgan fingerprint density at radius 1 is 0.544 bits per heavy atom. The van der Waals surface area contributed by atoms with Crippen molar-refractivity contribution < 1.29 is 38.2 Å². The van der Waals surface area contributed by atoms with Crippen LogP contribution in [-0.2, 0) is 28.6 Å². The summed E-state index contributed by atoms with van der Waals surface area (Å²) in [5.74, 6) is -1.80. The number of esters is 2. The summed E-state index contributed by atoms with van der Waals surface area (Å²) in [6.45, 7) is 4.44. The molecule has 0 aliphatic rings. The molecule has 0 N–H and O–H groups in total. The third-order valence-corrected chi connectivity index (χ3v) is 9.70. The van der Waals surface area contributed by atoms with Gasteiger partial charge >= 0.3 is 11.9 Å². The smallest absolute Gasteiger partial charge is 0.306 e. The maximum Gasteiger partial charge on any atom is 0.306 e. The molecule has 0 aromatic heterocycles. The van der Waals surface area contributed by atoms with Crippen LogP contribution in [0.5, 0.6) is 0 Å². The Balaban J connectivity index is 4.34. The van der Waals surface area contributed by atoms with Crippen molar-refractivity contribution in [2.45, 2.75) is 180 Å². The third-order valence-electron chi connectivity index (χ3n) is 9.70. The fourth-order valence-electron chi connectivity index (χ4n) is 6.19. The summed E-state index contributed by atoms with van der Waals surface area (Å²) < 4.78 is 17.1. The molecule has 0 fully saturated rings. The molecule has 8 nitrogen and oxygen atoms in total. The van der Waals surface area contributed by atoms with Crippen molar-refractivity contribution >= 4 is 17.9 Å². The van der Waals surface area contributed by atoms with E-state index in [4.69, 9.17) is 14.2 Å². The van der Waals surface area contributed by atoms with Crippen molar-refractivity contribution in [1.29, 1.82) is 0 Å². The SMILES string of the molecule is CC/C=C/C=C/C=C/C=C/CCCCCC(=O)OC(COCCC(C(=O)[O-])[N+](C)(C)C)COC(=O)CCCCCCCCCCCC/C=C/C=C/CCCCCC. The van der Waals surface area contributed by atoms with E-state index in [1.165, 1.54) is 83.5 Å². The van der Waals surface area contributed by atoms with Crippen LogP contribution in [0, 0.1) is 0 Å². The van der Waals surface area contributed by atoms with Crippen LogP contribution in [0.3, 0.4) is 0 Å². The summed E-state index contributed by atoms with van der Waals surface area (Å²) in [4.78, 5) is 36.8. The van der Waals surface area contributed by atoms with Gasteiger partial charge in [-0.05, 0) is 57.8 Å². The number of rotatable bonds is 39. The maximum absolute atomic E-state index is 12.7. The van der Waals surface area contributed by atoms with Crippen LogP contribution in [0.2, 0.25) is 0 Å². The fraction of sp³-hybridized carbons (Fsp3) is 0.694. The normalized spacial score (nSPS) is 13.6. The standard InChI is InChI=1S/C49H83NO7/c1-6-8-10-12-14-16-18-20-21-22-23-24-25-26-28-29-31-33-35-37-39-47(51)56-44-45(43-55-42-41-46(49(53)54)50(3,4)5)57-48(52)40-38-36-34-32-30-27-19-17-15-13-11-9-7-2/h9,11,13,15-21,27,30,45-46H,6-8,10,12,14,22-26,28-29,31-44H2,1-5H3/b11-9+,15-13+,18-16+,19-17+,21-20+,30-27+. The second kappa shape index (κ2) is 39.6.